The molecule has 0 spiro atoms. The molecule has 0 atom stereocenters. The third-order valence-corrected chi connectivity index (χ3v) is 7.07. The molecule has 0 aromatic carbocycles. The Bertz CT molecular complexity index is 566. The molecule has 1 aromatic rings. The first-order valence-corrected chi connectivity index (χ1v) is 9.31. The molecule has 0 unspecified atom stereocenters. The first-order valence-electron chi connectivity index (χ1n) is 8.49. The lowest BCUT2D eigenvalue weighted by Gasteiger charge is -2.55. The van der Waals surface area contributed by atoms with Crippen LogP contribution in [0.1, 0.15) is 64.3 Å². The summed E-state index contributed by atoms with van der Waals surface area (Å²) in [4.78, 5) is 13.0. The second-order valence-electron chi connectivity index (χ2n) is 8.81. The van der Waals surface area contributed by atoms with E-state index in [2.05, 4.69) is 36.3 Å². The Morgan fingerprint density at radius 2 is 1.64 bits per heavy atom. The molecule has 4 fully saturated rings. The highest BCUT2D eigenvalue weighted by molar-refractivity contribution is 7.15. The minimum Gasteiger partial charge on any atom is -0.300 e. The van der Waals surface area contributed by atoms with Crippen molar-refractivity contribution in [2.75, 3.05) is 5.32 Å². The van der Waals surface area contributed by atoms with Gasteiger partial charge in [-0.05, 0) is 56.3 Å². The maximum absolute atomic E-state index is 13.0. The summed E-state index contributed by atoms with van der Waals surface area (Å²) in [6.45, 7) is 6.37. The molecule has 4 bridgehead atoms. The number of nitrogens with zero attached hydrogens (tertiary/aromatic N) is 2. The van der Waals surface area contributed by atoms with Gasteiger partial charge in [0.1, 0.15) is 5.01 Å². The molecular weight excluding hydrogens is 294 g/mol. The highest BCUT2D eigenvalue weighted by atomic mass is 32.1. The molecule has 1 N–H and O–H groups in total. The maximum atomic E-state index is 13.0. The third-order valence-electron chi connectivity index (χ3n) is 5.81. The van der Waals surface area contributed by atoms with E-state index < -0.39 is 0 Å². The monoisotopic (exact) mass is 319 g/mol. The van der Waals surface area contributed by atoms with E-state index in [1.54, 1.807) is 0 Å². The number of carbonyl (C=O) groups is 1. The quantitative estimate of drug-likeness (QED) is 0.896. The van der Waals surface area contributed by atoms with E-state index in [-0.39, 0.29) is 16.7 Å². The largest absolute Gasteiger partial charge is 0.300 e. The molecular formula is C17H25N3OS. The molecule has 4 aliphatic carbocycles. The Kier molecular flexibility index (Phi) is 3.16. The number of hydrogen-bond donors (Lipinski definition) is 1. The zero-order valence-electron chi connectivity index (χ0n) is 13.7. The number of nitrogens with one attached hydrogen (secondary N) is 1. The van der Waals surface area contributed by atoms with Crippen LogP contribution in [0, 0.1) is 23.2 Å². The SMILES string of the molecule is CC(C)(C)c1nnc(NC(=O)C23CC4CC(CC(C4)C2)C3)s1. The highest BCUT2D eigenvalue weighted by Gasteiger charge is 2.54. The Morgan fingerprint density at radius 1 is 1.09 bits per heavy atom. The average Bonchev–Trinajstić information content (AvgIpc) is 2.85. The Labute approximate surface area is 136 Å². The average molecular weight is 319 g/mol. The van der Waals surface area contributed by atoms with E-state index in [0.717, 1.165) is 42.0 Å². The number of hydrogen-bond acceptors (Lipinski definition) is 4. The van der Waals surface area contributed by atoms with Crippen LogP contribution in [0.25, 0.3) is 0 Å². The van der Waals surface area contributed by atoms with E-state index in [1.807, 2.05) is 0 Å². The Balaban J connectivity index is 1.52. The standard InChI is InChI=1S/C17H25N3OS/c1-16(2,3)14-19-20-15(22-14)18-13(21)17-7-10-4-11(8-17)6-12(5-10)9-17/h10-12H,4-9H2,1-3H3,(H,18,20,21). The number of amides is 1. The van der Waals surface area contributed by atoms with Crippen LogP contribution in [0.4, 0.5) is 5.13 Å². The number of aromatic nitrogens is 2. The molecule has 0 saturated heterocycles. The van der Waals surface area contributed by atoms with E-state index in [4.69, 9.17) is 0 Å². The smallest absolute Gasteiger partial charge is 0.232 e. The first-order chi connectivity index (χ1) is 10.3. The summed E-state index contributed by atoms with van der Waals surface area (Å²) >= 11 is 1.52. The van der Waals surface area contributed by atoms with Gasteiger partial charge in [-0.2, -0.15) is 0 Å². The number of anilines is 1. The molecule has 0 radical (unpaired) electrons. The summed E-state index contributed by atoms with van der Waals surface area (Å²) in [5.74, 6) is 2.58. The van der Waals surface area contributed by atoms with Gasteiger partial charge in [-0.25, -0.2) is 0 Å². The summed E-state index contributed by atoms with van der Waals surface area (Å²) in [5, 5.41) is 13.2. The fourth-order valence-electron chi connectivity index (χ4n) is 5.20. The Morgan fingerprint density at radius 3 is 2.09 bits per heavy atom. The molecule has 4 aliphatic rings. The van der Waals surface area contributed by atoms with E-state index >= 15 is 0 Å². The molecule has 22 heavy (non-hydrogen) atoms. The zero-order valence-corrected chi connectivity index (χ0v) is 14.5. The summed E-state index contributed by atoms with van der Waals surface area (Å²) < 4.78 is 0. The summed E-state index contributed by atoms with van der Waals surface area (Å²) in [6.07, 6.45) is 7.36. The van der Waals surface area contributed by atoms with Gasteiger partial charge >= 0.3 is 0 Å². The van der Waals surface area contributed by atoms with Crippen molar-refractivity contribution in [1.82, 2.24) is 10.2 Å². The molecule has 1 aromatic heterocycles. The minimum atomic E-state index is -0.109. The van der Waals surface area contributed by atoms with Crippen molar-refractivity contribution < 1.29 is 4.79 Å². The van der Waals surface area contributed by atoms with Gasteiger partial charge < -0.3 is 5.32 Å². The van der Waals surface area contributed by atoms with Gasteiger partial charge in [-0.1, -0.05) is 32.1 Å². The van der Waals surface area contributed by atoms with Crippen molar-refractivity contribution in [3.63, 3.8) is 0 Å². The van der Waals surface area contributed by atoms with Crippen molar-refractivity contribution in [2.45, 2.75) is 64.7 Å². The van der Waals surface area contributed by atoms with Crippen LogP contribution in [-0.2, 0) is 10.2 Å². The lowest BCUT2D eigenvalue weighted by Crippen LogP contribution is -2.51. The summed E-state index contributed by atoms with van der Waals surface area (Å²) in [5.41, 5.74) is -0.121. The molecule has 5 heteroatoms. The van der Waals surface area contributed by atoms with Crippen LogP contribution in [-0.4, -0.2) is 16.1 Å². The van der Waals surface area contributed by atoms with Gasteiger partial charge in [0.2, 0.25) is 11.0 Å². The van der Waals surface area contributed by atoms with Crippen LogP contribution < -0.4 is 5.32 Å². The van der Waals surface area contributed by atoms with Crippen LogP contribution in [0.3, 0.4) is 0 Å². The molecule has 120 valence electrons. The maximum Gasteiger partial charge on any atom is 0.232 e. The fraction of sp³-hybridized carbons (Fsp3) is 0.824. The van der Waals surface area contributed by atoms with Gasteiger partial charge in [0.25, 0.3) is 0 Å². The van der Waals surface area contributed by atoms with Crippen LogP contribution >= 0.6 is 11.3 Å². The van der Waals surface area contributed by atoms with Gasteiger partial charge in [0.05, 0.1) is 5.41 Å². The number of carbonyl (C=O) groups excluding carboxylic acids is 1. The van der Waals surface area contributed by atoms with E-state index in [9.17, 15) is 4.79 Å². The molecule has 4 nitrogen and oxygen atoms in total. The minimum absolute atomic E-state index is 0.0126. The first kappa shape index (κ1) is 14.6. The van der Waals surface area contributed by atoms with Crippen molar-refractivity contribution in [3.05, 3.63) is 5.01 Å². The third kappa shape index (κ3) is 2.38. The number of rotatable bonds is 2. The predicted octanol–water partition coefficient (Wildman–Crippen LogP) is 3.99. The van der Waals surface area contributed by atoms with Crippen molar-refractivity contribution in [3.8, 4) is 0 Å². The lowest BCUT2D eigenvalue weighted by molar-refractivity contribution is -0.140. The predicted molar refractivity (Wildman–Crippen MR) is 87.8 cm³/mol. The van der Waals surface area contributed by atoms with Crippen LogP contribution in [0.15, 0.2) is 0 Å². The molecule has 1 amide bonds. The summed E-state index contributed by atoms with van der Waals surface area (Å²) in [7, 11) is 0. The van der Waals surface area contributed by atoms with E-state index in [0.29, 0.717) is 5.13 Å². The van der Waals surface area contributed by atoms with Crippen LogP contribution in [0.2, 0.25) is 0 Å². The second-order valence-corrected chi connectivity index (χ2v) is 9.79. The lowest BCUT2D eigenvalue weighted by atomic mass is 9.49. The van der Waals surface area contributed by atoms with Crippen molar-refractivity contribution >= 4 is 22.4 Å². The Hall–Kier alpha value is -0.970. The highest BCUT2D eigenvalue weighted by Crippen LogP contribution is 2.60. The molecule has 5 rings (SSSR count). The van der Waals surface area contributed by atoms with Crippen molar-refractivity contribution in [2.24, 2.45) is 23.2 Å². The molecule has 4 saturated carbocycles. The second kappa shape index (κ2) is 4.76. The van der Waals surface area contributed by atoms with Crippen molar-refractivity contribution in [1.29, 1.82) is 0 Å². The fourth-order valence-corrected chi connectivity index (χ4v) is 5.99. The zero-order chi connectivity index (χ0) is 15.5. The van der Waals surface area contributed by atoms with E-state index in [1.165, 1.54) is 30.6 Å². The summed E-state index contributed by atoms with van der Waals surface area (Å²) in [6, 6.07) is 0. The molecule has 0 aliphatic heterocycles. The topological polar surface area (TPSA) is 54.9 Å². The normalized spacial score (nSPS) is 36.6. The van der Waals surface area contributed by atoms with Gasteiger partial charge in [-0.3, -0.25) is 4.79 Å². The van der Waals surface area contributed by atoms with Gasteiger partial charge in [0.15, 0.2) is 0 Å². The van der Waals surface area contributed by atoms with Crippen LogP contribution in [0.5, 0.6) is 0 Å². The molecule has 1 heterocycles. The van der Waals surface area contributed by atoms with Gasteiger partial charge in [-0.15, -0.1) is 10.2 Å². The van der Waals surface area contributed by atoms with Gasteiger partial charge in [0, 0.05) is 5.41 Å².